The monoisotopic (exact) mass is 391 g/mol. The maximum absolute atomic E-state index is 12.3. The van der Waals surface area contributed by atoms with E-state index in [4.69, 9.17) is 0 Å². The predicted molar refractivity (Wildman–Crippen MR) is 100.0 cm³/mol. The molecule has 3 rings (SSSR count). The van der Waals surface area contributed by atoms with Crippen molar-refractivity contribution >= 4 is 33.2 Å². The van der Waals surface area contributed by atoms with E-state index >= 15 is 0 Å². The molecule has 1 unspecified atom stereocenters. The predicted octanol–water partition coefficient (Wildman–Crippen LogP) is 5.20. The van der Waals surface area contributed by atoms with Crippen LogP contribution >= 0.6 is 27.3 Å². The maximum Gasteiger partial charge on any atom is 0.225 e. The number of benzene rings is 1. The molecule has 23 heavy (non-hydrogen) atoms. The molecule has 1 atom stereocenters. The van der Waals surface area contributed by atoms with Gasteiger partial charge in [0, 0.05) is 4.88 Å². The van der Waals surface area contributed by atoms with Gasteiger partial charge in [0.1, 0.15) is 0 Å². The number of nitrogens with one attached hydrogen (secondary N) is 1. The molecule has 0 aliphatic heterocycles. The van der Waals surface area contributed by atoms with Crippen molar-refractivity contribution in [3.8, 4) is 0 Å². The second-order valence-corrected chi connectivity index (χ2v) is 8.69. The van der Waals surface area contributed by atoms with Crippen LogP contribution in [0, 0.1) is 0 Å². The Bertz CT molecular complexity index is 694. The van der Waals surface area contributed by atoms with Crippen molar-refractivity contribution in [1.29, 1.82) is 0 Å². The zero-order valence-corrected chi connectivity index (χ0v) is 15.8. The van der Waals surface area contributed by atoms with E-state index in [9.17, 15) is 4.79 Å². The van der Waals surface area contributed by atoms with Crippen molar-refractivity contribution in [3.05, 3.63) is 55.7 Å². The highest BCUT2D eigenvalue weighted by molar-refractivity contribution is 9.11. The van der Waals surface area contributed by atoms with Crippen LogP contribution in [0.15, 0.2) is 34.1 Å². The van der Waals surface area contributed by atoms with Crippen LogP contribution in [0.4, 0.5) is 0 Å². The Kier molecular flexibility index (Phi) is 5.54. The Morgan fingerprint density at radius 3 is 2.70 bits per heavy atom. The van der Waals surface area contributed by atoms with Gasteiger partial charge in [-0.3, -0.25) is 4.79 Å². The molecule has 2 aromatic rings. The Morgan fingerprint density at radius 2 is 2.00 bits per heavy atom. The molecule has 0 saturated carbocycles. The third kappa shape index (κ3) is 4.24. The summed E-state index contributed by atoms with van der Waals surface area (Å²) in [5, 5.41) is 3.20. The van der Waals surface area contributed by atoms with Gasteiger partial charge in [-0.25, -0.2) is 0 Å². The molecule has 0 fully saturated rings. The third-order valence-corrected chi connectivity index (χ3v) is 6.11. The van der Waals surface area contributed by atoms with Crippen molar-refractivity contribution in [2.45, 2.75) is 51.5 Å². The Hall–Kier alpha value is -1.13. The largest absolute Gasteiger partial charge is 0.349 e. The number of amides is 1. The minimum atomic E-state index is 0.101. The molecule has 0 bridgehead atoms. The van der Waals surface area contributed by atoms with Gasteiger partial charge in [0.2, 0.25) is 5.91 Å². The lowest BCUT2D eigenvalue weighted by Crippen LogP contribution is -2.29. The van der Waals surface area contributed by atoms with Crippen LogP contribution in [0.3, 0.4) is 0 Å². The van der Waals surface area contributed by atoms with Crippen LogP contribution in [0.25, 0.3) is 0 Å². The second kappa shape index (κ2) is 7.63. The summed E-state index contributed by atoms with van der Waals surface area (Å²) in [4.78, 5) is 13.4. The molecule has 2 nitrogen and oxygen atoms in total. The number of fused-ring (bicyclic) bond motifs is 1. The highest BCUT2D eigenvalue weighted by Crippen LogP contribution is 2.26. The van der Waals surface area contributed by atoms with Crippen molar-refractivity contribution < 1.29 is 4.79 Å². The van der Waals surface area contributed by atoms with E-state index in [0.29, 0.717) is 6.42 Å². The summed E-state index contributed by atoms with van der Waals surface area (Å²) in [6, 6.07) is 10.9. The average Bonchev–Trinajstić information content (AvgIpc) is 2.97. The molecule has 122 valence electrons. The maximum atomic E-state index is 12.3. The van der Waals surface area contributed by atoms with Gasteiger partial charge in [-0.2, -0.15) is 0 Å². The summed E-state index contributed by atoms with van der Waals surface area (Å²) >= 11 is 5.07. The van der Waals surface area contributed by atoms with Gasteiger partial charge < -0.3 is 5.32 Å². The van der Waals surface area contributed by atoms with Crippen molar-refractivity contribution in [2.75, 3.05) is 0 Å². The number of aryl methyl sites for hydroxylation is 2. The molecule has 0 saturated heterocycles. The number of carbonyl (C=O) groups excluding carboxylic acids is 1. The quantitative estimate of drug-likeness (QED) is 0.745. The molecule has 0 radical (unpaired) electrons. The molecule has 4 heteroatoms. The molecule has 1 aromatic carbocycles. The first-order chi connectivity index (χ1) is 11.2. The molecule has 1 aliphatic carbocycles. The van der Waals surface area contributed by atoms with E-state index in [-0.39, 0.29) is 11.9 Å². The Balaban J connectivity index is 1.68. The van der Waals surface area contributed by atoms with E-state index < -0.39 is 0 Å². The van der Waals surface area contributed by atoms with Crippen molar-refractivity contribution in [3.63, 3.8) is 0 Å². The molecular weight excluding hydrogens is 370 g/mol. The van der Waals surface area contributed by atoms with Crippen LogP contribution in [0.5, 0.6) is 0 Å². The lowest BCUT2D eigenvalue weighted by Gasteiger charge is -2.21. The van der Waals surface area contributed by atoms with Crippen molar-refractivity contribution in [2.24, 2.45) is 0 Å². The minimum absolute atomic E-state index is 0.101. The summed E-state index contributed by atoms with van der Waals surface area (Å²) in [6.07, 6.45) is 6.34. The number of halogens is 1. The fourth-order valence-electron chi connectivity index (χ4n) is 3.24. The smallest absolute Gasteiger partial charge is 0.225 e. The summed E-state index contributed by atoms with van der Waals surface area (Å²) in [6.45, 7) is 2.13. The number of hydrogen-bond donors (Lipinski definition) is 1. The molecule has 1 heterocycles. The zero-order valence-electron chi connectivity index (χ0n) is 13.4. The summed E-state index contributed by atoms with van der Waals surface area (Å²) in [7, 11) is 0. The van der Waals surface area contributed by atoms with E-state index in [1.165, 1.54) is 42.4 Å². The van der Waals surface area contributed by atoms with Crippen molar-refractivity contribution in [1.82, 2.24) is 5.32 Å². The number of hydrogen-bond acceptors (Lipinski definition) is 2. The van der Waals surface area contributed by atoms with E-state index in [1.807, 2.05) is 12.1 Å². The van der Waals surface area contributed by atoms with Crippen LogP contribution in [0.1, 0.15) is 53.8 Å². The first-order valence-electron chi connectivity index (χ1n) is 8.31. The fraction of sp³-hybridized carbons (Fsp3) is 0.421. The van der Waals surface area contributed by atoms with Gasteiger partial charge in [-0.05, 0) is 76.9 Å². The van der Waals surface area contributed by atoms with E-state index in [1.54, 1.807) is 11.3 Å². The number of carbonyl (C=O) groups is 1. The van der Waals surface area contributed by atoms with Gasteiger partial charge >= 0.3 is 0 Å². The molecule has 1 amide bonds. The Morgan fingerprint density at radius 1 is 1.22 bits per heavy atom. The molecule has 0 spiro atoms. The first kappa shape index (κ1) is 16.7. The molecule has 1 aromatic heterocycles. The molecule has 1 N–H and O–H groups in total. The topological polar surface area (TPSA) is 29.1 Å². The highest BCUT2D eigenvalue weighted by atomic mass is 79.9. The SMILES string of the molecule is CCC(NC(=O)Cc1ccc(Br)s1)c1ccc2c(c1)CCCC2. The number of rotatable bonds is 5. The lowest BCUT2D eigenvalue weighted by molar-refractivity contribution is -0.121. The highest BCUT2D eigenvalue weighted by Gasteiger charge is 2.16. The average molecular weight is 392 g/mol. The summed E-state index contributed by atoms with van der Waals surface area (Å²) in [5.74, 6) is 0.101. The van der Waals surface area contributed by atoms with Gasteiger partial charge in [-0.15, -0.1) is 11.3 Å². The minimum Gasteiger partial charge on any atom is -0.349 e. The zero-order chi connectivity index (χ0) is 16.2. The van der Waals surface area contributed by atoms with Gasteiger partial charge in [0.25, 0.3) is 0 Å². The van der Waals surface area contributed by atoms with Crippen LogP contribution in [-0.2, 0) is 24.1 Å². The summed E-state index contributed by atoms with van der Waals surface area (Å²) in [5.41, 5.74) is 4.21. The fourth-order valence-corrected chi connectivity index (χ4v) is 4.72. The molecular formula is C19H22BrNOS. The lowest BCUT2D eigenvalue weighted by atomic mass is 9.89. The van der Waals surface area contributed by atoms with E-state index in [2.05, 4.69) is 46.4 Å². The van der Waals surface area contributed by atoms with Gasteiger partial charge in [0.05, 0.1) is 16.2 Å². The van der Waals surface area contributed by atoms with Crippen LogP contribution in [-0.4, -0.2) is 5.91 Å². The third-order valence-electron chi connectivity index (χ3n) is 4.48. The first-order valence-corrected chi connectivity index (χ1v) is 9.92. The van der Waals surface area contributed by atoms with Gasteiger partial charge in [-0.1, -0.05) is 25.1 Å². The summed E-state index contributed by atoms with van der Waals surface area (Å²) < 4.78 is 1.07. The normalized spacial score (nSPS) is 15.0. The Labute approximate surface area is 150 Å². The van der Waals surface area contributed by atoms with Gasteiger partial charge in [0.15, 0.2) is 0 Å². The standard InChI is InChI=1S/C19H22BrNOS/c1-2-17(21-19(22)12-16-9-10-18(20)23-16)15-8-7-13-5-3-4-6-14(13)11-15/h7-11,17H,2-6,12H2,1H3,(H,21,22). The second-order valence-electron chi connectivity index (χ2n) is 6.15. The van der Waals surface area contributed by atoms with E-state index in [0.717, 1.165) is 15.1 Å². The van der Waals surface area contributed by atoms with Crippen LogP contribution in [0.2, 0.25) is 0 Å². The number of thiophene rings is 1. The van der Waals surface area contributed by atoms with Crippen LogP contribution < -0.4 is 5.32 Å². The molecule has 1 aliphatic rings.